The van der Waals surface area contributed by atoms with Crippen molar-refractivity contribution in [3.05, 3.63) is 120 Å². The van der Waals surface area contributed by atoms with Gasteiger partial charge in [0.25, 0.3) is 0 Å². The zero-order valence-corrected chi connectivity index (χ0v) is 20.1. The van der Waals surface area contributed by atoms with Crippen LogP contribution in [0.15, 0.2) is 97.3 Å². The van der Waals surface area contributed by atoms with Gasteiger partial charge in [0.05, 0.1) is 23.3 Å². The molecule has 2 heterocycles. The molecule has 178 valence electrons. The molecule has 0 unspecified atom stereocenters. The molecule has 0 aliphatic carbocycles. The Morgan fingerprint density at radius 3 is 2.22 bits per heavy atom. The summed E-state index contributed by atoms with van der Waals surface area (Å²) in [4.78, 5) is 12.5. The van der Waals surface area contributed by atoms with E-state index in [2.05, 4.69) is 10.3 Å². The lowest BCUT2D eigenvalue weighted by molar-refractivity contribution is -0.139. The molecule has 5 aromatic rings. The van der Waals surface area contributed by atoms with Crippen LogP contribution in [0.1, 0.15) is 22.4 Å². The van der Waals surface area contributed by atoms with Gasteiger partial charge in [-0.1, -0.05) is 70.9 Å². The fraction of sp³-hybridized carbons (Fsp3) is 0.103. The van der Waals surface area contributed by atoms with E-state index in [0.29, 0.717) is 5.69 Å². The molecular formula is C29H25N5O2. The Balaban J connectivity index is 1.31. The highest BCUT2D eigenvalue weighted by molar-refractivity contribution is 5.88. The first-order valence-corrected chi connectivity index (χ1v) is 11.6. The van der Waals surface area contributed by atoms with Crippen LogP contribution in [-0.4, -0.2) is 30.7 Å². The first kappa shape index (κ1) is 23.0. The molecule has 3 aromatic carbocycles. The number of hydrogen-bond donors (Lipinski definition) is 0. The molecule has 0 bridgehead atoms. The van der Waals surface area contributed by atoms with Crippen molar-refractivity contribution in [3.8, 4) is 22.6 Å². The van der Waals surface area contributed by atoms with Crippen molar-refractivity contribution in [2.45, 2.75) is 20.5 Å². The Kier molecular flexibility index (Phi) is 6.53. The average molecular weight is 476 g/mol. The third-order valence-electron chi connectivity index (χ3n) is 5.69. The molecule has 0 saturated carbocycles. The fourth-order valence-corrected chi connectivity index (χ4v) is 3.70. The molecule has 0 radical (unpaired) electrons. The minimum absolute atomic E-state index is 0.0309. The van der Waals surface area contributed by atoms with Crippen molar-refractivity contribution in [1.29, 1.82) is 0 Å². The van der Waals surface area contributed by atoms with Gasteiger partial charge in [-0.3, -0.25) is 0 Å². The van der Waals surface area contributed by atoms with Crippen molar-refractivity contribution < 1.29 is 9.53 Å². The quantitative estimate of drug-likeness (QED) is 0.230. The summed E-state index contributed by atoms with van der Waals surface area (Å²) in [6.07, 6.45) is 6.80. The maximum absolute atomic E-state index is 12.5. The van der Waals surface area contributed by atoms with E-state index >= 15 is 0 Å². The number of esters is 1. The second kappa shape index (κ2) is 10.2. The zero-order valence-electron chi connectivity index (χ0n) is 20.1. The number of nitrogens with zero attached hydrogens (tertiary/aromatic N) is 5. The second-order valence-corrected chi connectivity index (χ2v) is 8.51. The number of aryl methyl sites for hydroxylation is 2. The Morgan fingerprint density at radius 1 is 0.833 bits per heavy atom. The van der Waals surface area contributed by atoms with Gasteiger partial charge in [0.1, 0.15) is 12.3 Å². The highest BCUT2D eigenvalue weighted by Gasteiger charge is 2.12. The lowest BCUT2D eigenvalue weighted by atomic mass is 10.1. The van der Waals surface area contributed by atoms with Gasteiger partial charge in [0.2, 0.25) is 0 Å². The molecule has 0 fully saturated rings. The molecule has 0 atom stereocenters. The molecule has 2 aromatic heterocycles. The van der Waals surface area contributed by atoms with E-state index in [4.69, 9.17) is 9.84 Å². The van der Waals surface area contributed by atoms with E-state index in [-0.39, 0.29) is 6.61 Å². The van der Waals surface area contributed by atoms with Gasteiger partial charge in [-0.15, -0.1) is 5.10 Å². The molecule has 5 rings (SSSR count). The van der Waals surface area contributed by atoms with E-state index < -0.39 is 5.97 Å². The third kappa shape index (κ3) is 5.31. The van der Waals surface area contributed by atoms with Crippen LogP contribution < -0.4 is 0 Å². The molecular weight excluding hydrogens is 450 g/mol. The van der Waals surface area contributed by atoms with Crippen molar-refractivity contribution in [1.82, 2.24) is 24.8 Å². The number of carbonyl (C=O) groups excluding carboxylic acids is 1. The SMILES string of the molecule is Cc1ccc(-c2nn(-c3ccccc3)cc2/C=C/C(=O)OCc2cn(-c3ccc(C)cc3)nn2)cc1. The molecule has 0 aliphatic rings. The smallest absolute Gasteiger partial charge is 0.331 e. The number of rotatable bonds is 7. The average Bonchev–Trinajstić information content (AvgIpc) is 3.55. The highest BCUT2D eigenvalue weighted by atomic mass is 16.5. The van der Waals surface area contributed by atoms with Gasteiger partial charge in [-0.2, -0.15) is 5.10 Å². The molecule has 7 heteroatoms. The minimum atomic E-state index is -0.470. The van der Waals surface area contributed by atoms with Gasteiger partial charge >= 0.3 is 5.97 Å². The van der Waals surface area contributed by atoms with Crippen LogP contribution in [0.5, 0.6) is 0 Å². The largest absolute Gasteiger partial charge is 0.456 e. The summed E-state index contributed by atoms with van der Waals surface area (Å²) < 4.78 is 8.87. The number of ether oxygens (including phenoxy) is 1. The number of benzene rings is 3. The highest BCUT2D eigenvalue weighted by Crippen LogP contribution is 2.25. The second-order valence-electron chi connectivity index (χ2n) is 8.51. The maximum atomic E-state index is 12.5. The lowest BCUT2D eigenvalue weighted by Crippen LogP contribution is -2.01. The van der Waals surface area contributed by atoms with Crippen LogP contribution in [0, 0.1) is 13.8 Å². The van der Waals surface area contributed by atoms with Crippen molar-refractivity contribution in [3.63, 3.8) is 0 Å². The maximum Gasteiger partial charge on any atom is 0.331 e. The summed E-state index contributed by atoms with van der Waals surface area (Å²) in [5, 5.41) is 13.0. The van der Waals surface area contributed by atoms with Crippen LogP contribution in [-0.2, 0) is 16.1 Å². The van der Waals surface area contributed by atoms with Crippen LogP contribution in [0.25, 0.3) is 28.7 Å². The molecule has 0 saturated heterocycles. The summed E-state index contributed by atoms with van der Waals surface area (Å²) >= 11 is 0. The van der Waals surface area contributed by atoms with Crippen LogP contribution in [0.3, 0.4) is 0 Å². The third-order valence-corrected chi connectivity index (χ3v) is 5.69. The number of hydrogen-bond acceptors (Lipinski definition) is 5. The summed E-state index contributed by atoms with van der Waals surface area (Å²) in [6, 6.07) is 25.9. The number of para-hydroxylation sites is 1. The summed E-state index contributed by atoms with van der Waals surface area (Å²) in [5.41, 5.74) is 7.29. The van der Waals surface area contributed by atoms with Crippen LogP contribution in [0.4, 0.5) is 0 Å². The Morgan fingerprint density at radius 2 is 1.50 bits per heavy atom. The minimum Gasteiger partial charge on any atom is -0.456 e. The van der Waals surface area contributed by atoms with Crippen molar-refractivity contribution in [2.75, 3.05) is 0 Å². The van der Waals surface area contributed by atoms with Gasteiger partial charge in [0.15, 0.2) is 0 Å². The van der Waals surface area contributed by atoms with Gasteiger partial charge in [0, 0.05) is 23.4 Å². The van der Waals surface area contributed by atoms with Crippen LogP contribution >= 0.6 is 0 Å². The van der Waals surface area contributed by atoms with Gasteiger partial charge in [-0.25, -0.2) is 14.2 Å². The molecule has 0 aliphatic heterocycles. The van der Waals surface area contributed by atoms with Gasteiger partial charge < -0.3 is 4.74 Å². The Labute approximate surface area is 209 Å². The normalized spacial score (nSPS) is 11.2. The van der Waals surface area contributed by atoms with E-state index in [1.807, 2.05) is 104 Å². The summed E-state index contributed by atoms with van der Waals surface area (Å²) in [7, 11) is 0. The standard InChI is InChI=1S/C29H25N5O2/c1-21-8-12-23(13-9-21)29-24(18-33(31-29)26-6-4-3-5-7-26)14-17-28(35)36-20-25-19-34(32-30-25)27-15-10-22(2)11-16-27/h3-19H,20H2,1-2H3/b17-14+. The van der Waals surface area contributed by atoms with E-state index in [0.717, 1.165) is 28.2 Å². The molecule has 36 heavy (non-hydrogen) atoms. The topological polar surface area (TPSA) is 74.8 Å². The van der Waals surface area contributed by atoms with E-state index in [1.54, 1.807) is 17.0 Å². The van der Waals surface area contributed by atoms with Crippen LogP contribution in [0.2, 0.25) is 0 Å². The molecule has 0 N–H and O–H groups in total. The monoisotopic (exact) mass is 475 g/mol. The predicted octanol–water partition coefficient (Wildman–Crippen LogP) is 5.49. The Bertz CT molecular complexity index is 1500. The molecule has 7 nitrogen and oxygen atoms in total. The Hall–Kier alpha value is -4.78. The fourth-order valence-electron chi connectivity index (χ4n) is 3.70. The summed E-state index contributed by atoms with van der Waals surface area (Å²) in [5.74, 6) is -0.470. The molecule has 0 amide bonds. The number of carbonyl (C=O) groups is 1. The molecule has 0 spiro atoms. The van der Waals surface area contributed by atoms with Crippen molar-refractivity contribution in [2.24, 2.45) is 0 Å². The zero-order chi connectivity index (χ0) is 24.9. The lowest BCUT2D eigenvalue weighted by Gasteiger charge is -2.01. The number of aromatic nitrogens is 5. The first-order valence-electron chi connectivity index (χ1n) is 11.6. The van der Waals surface area contributed by atoms with Gasteiger partial charge in [-0.05, 0) is 44.2 Å². The van der Waals surface area contributed by atoms with Crippen molar-refractivity contribution >= 4 is 12.0 Å². The predicted molar refractivity (Wildman–Crippen MR) is 139 cm³/mol. The summed E-state index contributed by atoms with van der Waals surface area (Å²) in [6.45, 7) is 4.10. The van der Waals surface area contributed by atoms with E-state index in [9.17, 15) is 4.79 Å². The van der Waals surface area contributed by atoms with E-state index in [1.165, 1.54) is 17.2 Å². The first-order chi connectivity index (χ1) is 17.5.